The van der Waals surface area contributed by atoms with Crippen LogP contribution in [0.15, 0.2) is 60.7 Å². The Balaban J connectivity index is 1.74. The zero-order valence-electron chi connectivity index (χ0n) is 13.8. The van der Waals surface area contributed by atoms with Gasteiger partial charge in [-0.25, -0.2) is 0 Å². The molecular formula is C21H20O2S. The summed E-state index contributed by atoms with van der Waals surface area (Å²) in [6.45, 7) is 4.36. The van der Waals surface area contributed by atoms with Crippen LogP contribution in [0.4, 0.5) is 0 Å². The molecule has 0 radical (unpaired) electrons. The number of carbonyl (C=O) groups excluding carboxylic acids is 1. The molecule has 0 atom stereocenters. The first-order valence-corrected chi connectivity index (χ1v) is 8.86. The number of ketones is 1. The molecule has 122 valence electrons. The Morgan fingerprint density at radius 2 is 1.62 bits per heavy atom. The lowest BCUT2D eigenvalue weighted by Crippen LogP contribution is -2.00. The van der Waals surface area contributed by atoms with Crippen molar-refractivity contribution in [2.24, 2.45) is 0 Å². The second-order valence-corrected chi connectivity index (χ2v) is 7.29. The van der Waals surface area contributed by atoms with Gasteiger partial charge in [0.25, 0.3) is 0 Å². The van der Waals surface area contributed by atoms with Gasteiger partial charge < -0.3 is 5.11 Å². The minimum absolute atomic E-state index is 0.107. The van der Waals surface area contributed by atoms with E-state index in [0.29, 0.717) is 12.3 Å². The van der Waals surface area contributed by atoms with Crippen molar-refractivity contribution in [1.82, 2.24) is 0 Å². The Bertz CT molecular complexity index is 827. The van der Waals surface area contributed by atoms with E-state index in [0.717, 1.165) is 20.9 Å². The molecule has 0 saturated heterocycles. The summed E-state index contributed by atoms with van der Waals surface area (Å²) in [5.41, 5.74) is 3.38. The summed E-state index contributed by atoms with van der Waals surface area (Å²) in [5, 5.41) is 9.31. The second-order valence-electron chi connectivity index (χ2n) is 6.21. The maximum Gasteiger partial charge on any atom is 0.177 e. The van der Waals surface area contributed by atoms with Crippen molar-refractivity contribution >= 4 is 17.1 Å². The van der Waals surface area contributed by atoms with Crippen molar-refractivity contribution < 1.29 is 9.90 Å². The number of benzene rings is 2. The molecule has 1 aromatic heterocycles. The van der Waals surface area contributed by atoms with Gasteiger partial charge in [-0.1, -0.05) is 50.2 Å². The molecule has 0 fully saturated rings. The first-order chi connectivity index (χ1) is 11.5. The molecule has 0 aliphatic rings. The van der Waals surface area contributed by atoms with E-state index < -0.39 is 0 Å². The molecule has 0 amide bonds. The maximum absolute atomic E-state index is 12.4. The monoisotopic (exact) mass is 336 g/mol. The highest BCUT2D eigenvalue weighted by Crippen LogP contribution is 2.30. The molecule has 0 spiro atoms. The fraction of sp³-hybridized carbons (Fsp3) is 0.190. The summed E-state index contributed by atoms with van der Waals surface area (Å²) in [4.78, 5) is 14.3. The zero-order valence-corrected chi connectivity index (χ0v) is 14.6. The average Bonchev–Trinajstić information content (AvgIpc) is 3.07. The Hall–Kier alpha value is -2.39. The fourth-order valence-electron chi connectivity index (χ4n) is 2.56. The molecule has 2 nitrogen and oxygen atoms in total. The molecule has 0 unspecified atom stereocenters. The quantitative estimate of drug-likeness (QED) is 0.610. The minimum Gasteiger partial charge on any atom is -0.508 e. The van der Waals surface area contributed by atoms with Crippen LogP contribution < -0.4 is 0 Å². The lowest BCUT2D eigenvalue weighted by Gasteiger charge is -2.05. The van der Waals surface area contributed by atoms with E-state index in [1.165, 1.54) is 16.9 Å². The summed E-state index contributed by atoms with van der Waals surface area (Å²) in [6, 6.07) is 19.2. The number of hydrogen-bond donors (Lipinski definition) is 1. The molecule has 24 heavy (non-hydrogen) atoms. The molecule has 0 saturated carbocycles. The summed E-state index contributed by atoms with van der Waals surface area (Å²) < 4.78 is 0. The van der Waals surface area contributed by atoms with E-state index in [1.54, 1.807) is 24.3 Å². The lowest BCUT2D eigenvalue weighted by molar-refractivity contribution is 0.0997. The number of rotatable bonds is 5. The van der Waals surface area contributed by atoms with Crippen molar-refractivity contribution in [3.05, 3.63) is 76.7 Å². The van der Waals surface area contributed by atoms with Gasteiger partial charge in [0.15, 0.2) is 5.78 Å². The van der Waals surface area contributed by atoms with Crippen LogP contribution in [0.3, 0.4) is 0 Å². The van der Waals surface area contributed by atoms with Gasteiger partial charge in [0.1, 0.15) is 5.75 Å². The van der Waals surface area contributed by atoms with Crippen LogP contribution in [0.1, 0.15) is 40.6 Å². The second kappa shape index (κ2) is 7.02. The van der Waals surface area contributed by atoms with E-state index in [-0.39, 0.29) is 11.5 Å². The first-order valence-electron chi connectivity index (χ1n) is 8.04. The number of thiophene rings is 1. The van der Waals surface area contributed by atoms with Crippen molar-refractivity contribution in [3.63, 3.8) is 0 Å². The SMILES string of the molecule is CC(C)c1ccc(-c2ccc(C(=O)Cc3ccc(O)cc3)s2)cc1. The normalized spacial score (nSPS) is 11.0. The third-order valence-corrected chi connectivity index (χ3v) is 5.22. The highest BCUT2D eigenvalue weighted by atomic mass is 32.1. The number of carbonyl (C=O) groups is 1. The average molecular weight is 336 g/mol. The smallest absolute Gasteiger partial charge is 0.177 e. The van der Waals surface area contributed by atoms with Crippen LogP contribution >= 0.6 is 11.3 Å². The van der Waals surface area contributed by atoms with Crippen LogP contribution in [0.2, 0.25) is 0 Å². The third-order valence-electron chi connectivity index (χ3n) is 4.04. The van der Waals surface area contributed by atoms with Gasteiger partial charge in [-0.3, -0.25) is 4.79 Å². The van der Waals surface area contributed by atoms with Crippen LogP contribution in [0.25, 0.3) is 10.4 Å². The molecule has 3 heteroatoms. The molecule has 0 aliphatic heterocycles. The van der Waals surface area contributed by atoms with Gasteiger partial charge in [0, 0.05) is 11.3 Å². The highest BCUT2D eigenvalue weighted by molar-refractivity contribution is 7.17. The van der Waals surface area contributed by atoms with Crippen LogP contribution in [0, 0.1) is 0 Å². The van der Waals surface area contributed by atoms with Gasteiger partial charge in [0.05, 0.1) is 4.88 Å². The molecular weight excluding hydrogens is 316 g/mol. The van der Waals surface area contributed by atoms with Crippen LogP contribution in [-0.4, -0.2) is 10.9 Å². The predicted molar refractivity (Wildman–Crippen MR) is 100.0 cm³/mol. The molecule has 3 rings (SSSR count). The third kappa shape index (κ3) is 3.74. The molecule has 1 heterocycles. The summed E-state index contributed by atoms with van der Waals surface area (Å²) in [6.07, 6.45) is 0.354. The Labute approximate surface area is 146 Å². The van der Waals surface area contributed by atoms with Crippen molar-refractivity contribution in [1.29, 1.82) is 0 Å². The fourth-order valence-corrected chi connectivity index (χ4v) is 3.51. The maximum atomic E-state index is 12.4. The minimum atomic E-state index is 0.107. The van der Waals surface area contributed by atoms with E-state index in [9.17, 15) is 9.90 Å². The summed E-state index contributed by atoms with van der Waals surface area (Å²) in [5.74, 6) is 0.843. The number of aromatic hydroxyl groups is 1. The molecule has 2 aromatic carbocycles. The van der Waals surface area contributed by atoms with E-state index in [1.807, 2.05) is 12.1 Å². The lowest BCUT2D eigenvalue weighted by atomic mass is 10.0. The Morgan fingerprint density at radius 1 is 0.958 bits per heavy atom. The van der Waals surface area contributed by atoms with E-state index in [4.69, 9.17) is 0 Å². The summed E-state index contributed by atoms with van der Waals surface area (Å²) >= 11 is 1.53. The highest BCUT2D eigenvalue weighted by Gasteiger charge is 2.11. The topological polar surface area (TPSA) is 37.3 Å². The zero-order chi connectivity index (χ0) is 17.1. The van der Waals surface area contributed by atoms with Crippen molar-refractivity contribution in [2.45, 2.75) is 26.2 Å². The number of phenolic OH excluding ortho intramolecular Hbond substituents is 1. The Morgan fingerprint density at radius 3 is 2.25 bits per heavy atom. The van der Waals surface area contributed by atoms with Gasteiger partial charge in [0.2, 0.25) is 0 Å². The molecule has 0 aliphatic carbocycles. The Kier molecular flexibility index (Phi) is 4.81. The van der Waals surface area contributed by atoms with Gasteiger partial charge in [-0.15, -0.1) is 11.3 Å². The van der Waals surface area contributed by atoms with Crippen molar-refractivity contribution in [3.8, 4) is 16.2 Å². The van der Waals surface area contributed by atoms with Crippen LogP contribution in [0.5, 0.6) is 5.75 Å². The molecule has 0 bridgehead atoms. The van der Waals surface area contributed by atoms with Gasteiger partial charge >= 0.3 is 0 Å². The van der Waals surface area contributed by atoms with Crippen LogP contribution in [-0.2, 0) is 6.42 Å². The number of Topliss-reactive ketones (excluding diaryl/α,β-unsaturated/α-hetero) is 1. The molecule has 1 N–H and O–H groups in total. The van der Waals surface area contributed by atoms with Gasteiger partial charge in [-0.2, -0.15) is 0 Å². The van der Waals surface area contributed by atoms with E-state index >= 15 is 0 Å². The first kappa shape index (κ1) is 16.5. The molecule has 3 aromatic rings. The standard InChI is InChI=1S/C21H20O2S/c1-14(2)16-5-7-17(8-6-16)20-11-12-21(24-20)19(23)13-15-3-9-18(22)10-4-15/h3-12,14,22H,13H2,1-2H3. The predicted octanol–water partition coefficient (Wildman–Crippen LogP) is 5.67. The number of hydrogen-bond acceptors (Lipinski definition) is 3. The summed E-state index contributed by atoms with van der Waals surface area (Å²) in [7, 11) is 0. The largest absolute Gasteiger partial charge is 0.508 e. The number of phenols is 1. The van der Waals surface area contributed by atoms with Crippen molar-refractivity contribution in [2.75, 3.05) is 0 Å². The van der Waals surface area contributed by atoms with E-state index in [2.05, 4.69) is 38.1 Å². The van der Waals surface area contributed by atoms with Gasteiger partial charge in [-0.05, 0) is 46.9 Å².